The van der Waals surface area contributed by atoms with Crippen LogP contribution in [0.5, 0.6) is 0 Å². The van der Waals surface area contributed by atoms with Gasteiger partial charge in [-0.15, -0.1) is 0 Å². The van der Waals surface area contributed by atoms with E-state index in [-0.39, 0.29) is 0 Å². The molecule has 0 saturated carbocycles. The monoisotopic (exact) mass is 363 g/mol. The molecule has 0 amide bonds. The van der Waals surface area contributed by atoms with Crippen molar-refractivity contribution in [2.75, 3.05) is 13.1 Å². The molecule has 0 fully saturated rings. The molecule has 3 heteroatoms. The first-order valence-corrected chi connectivity index (χ1v) is 11.4. The van der Waals surface area contributed by atoms with E-state index < -0.39 is 0 Å². The van der Waals surface area contributed by atoms with Crippen molar-refractivity contribution in [3.8, 4) is 0 Å². The molecular formula is C23H45N3. The van der Waals surface area contributed by atoms with E-state index in [0.29, 0.717) is 6.17 Å². The summed E-state index contributed by atoms with van der Waals surface area (Å²) in [6.45, 7) is 3.97. The van der Waals surface area contributed by atoms with Gasteiger partial charge in [0.05, 0.1) is 6.17 Å². The second-order valence-electron chi connectivity index (χ2n) is 7.75. The van der Waals surface area contributed by atoms with Crippen LogP contribution < -0.4 is 11.1 Å². The van der Waals surface area contributed by atoms with E-state index in [1.54, 1.807) is 0 Å². The topological polar surface area (TPSA) is 41.3 Å². The van der Waals surface area contributed by atoms with Gasteiger partial charge in [0.1, 0.15) is 0 Å². The minimum atomic E-state index is 0.485. The Morgan fingerprint density at radius 1 is 0.846 bits per heavy atom. The third-order valence-electron chi connectivity index (χ3n) is 5.33. The van der Waals surface area contributed by atoms with Crippen LogP contribution in [0.3, 0.4) is 0 Å². The molecule has 0 aromatic carbocycles. The highest BCUT2D eigenvalue weighted by molar-refractivity contribution is 4.94. The zero-order valence-electron chi connectivity index (χ0n) is 17.4. The summed E-state index contributed by atoms with van der Waals surface area (Å²) < 4.78 is 0. The van der Waals surface area contributed by atoms with Crippen molar-refractivity contribution in [2.24, 2.45) is 5.73 Å². The van der Waals surface area contributed by atoms with Gasteiger partial charge >= 0.3 is 0 Å². The Kier molecular flexibility index (Phi) is 15.5. The van der Waals surface area contributed by atoms with Gasteiger partial charge in [-0.05, 0) is 38.5 Å². The molecule has 0 spiro atoms. The summed E-state index contributed by atoms with van der Waals surface area (Å²) in [5.41, 5.74) is 5.65. The van der Waals surface area contributed by atoms with Crippen LogP contribution in [0.1, 0.15) is 103 Å². The van der Waals surface area contributed by atoms with Crippen molar-refractivity contribution in [1.82, 2.24) is 10.2 Å². The van der Waals surface area contributed by atoms with E-state index in [9.17, 15) is 0 Å². The average molecular weight is 364 g/mol. The number of hydrogen-bond donors (Lipinski definition) is 2. The Hall–Kier alpha value is -0.960. The number of nitrogens with one attached hydrogen (secondary N) is 1. The standard InChI is InChI=1S/C23H45N3/c1-2-3-4-5-6-7-8-9-10-11-12-13-14-15-16-17-18-23-25-20-22-26(23)21-19-24/h6-7,20,22-23,25H,2-5,8-19,21,24H2,1H3/b7-6+. The molecule has 1 aliphatic rings. The normalized spacial score (nSPS) is 16.7. The van der Waals surface area contributed by atoms with Crippen LogP contribution >= 0.6 is 0 Å². The van der Waals surface area contributed by atoms with Gasteiger partial charge in [-0.25, -0.2) is 0 Å². The van der Waals surface area contributed by atoms with Gasteiger partial charge in [0.25, 0.3) is 0 Å². The van der Waals surface area contributed by atoms with Crippen molar-refractivity contribution in [3.63, 3.8) is 0 Å². The minimum absolute atomic E-state index is 0.485. The lowest BCUT2D eigenvalue weighted by atomic mass is 10.0. The summed E-state index contributed by atoms with van der Waals surface area (Å²) in [5.74, 6) is 0. The number of nitrogens with two attached hydrogens (primary N) is 1. The van der Waals surface area contributed by atoms with Crippen LogP contribution in [0.2, 0.25) is 0 Å². The Balaban J connectivity index is 1.77. The lowest BCUT2D eigenvalue weighted by Crippen LogP contribution is -2.37. The van der Waals surface area contributed by atoms with Crippen molar-refractivity contribution in [2.45, 2.75) is 109 Å². The quantitative estimate of drug-likeness (QED) is 0.229. The Bertz CT molecular complexity index is 351. The predicted octanol–water partition coefficient (Wildman–Crippen LogP) is 6.08. The molecule has 152 valence electrons. The highest BCUT2D eigenvalue weighted by atomic mass is 15.3. The molecule has 3 N–H and O–H groups in total. The minimum Gasteiger partial charge on any atom is -0.370 e. The molecule has 0 aromatic heterocycles. The first-order chi connectivity index (χ1) is 12.9. The first kappa shape index (κ1) is 23.1. The molecule has 0 saturated heterocycles. The molecule has 0 aromatic rings. The van der Waals surface area contributed by atoms with E-state index >= 15 is 0 Å². The molecule has 1 heterocycles. The van der Waals surface area contributed by atoms with E-state index in [1.165, 1.54) is 96.3 Å². The van der Waals surface area contributed by atoms with Gasteiger partial charge in [-0.3, -0.25) is 0 Å². The van der Waals surface area contributed by atoms with Gasteiger partial charge in [0.15, 0.2) is 0 Å². The smallest absolute Gasteiger partial charge is 0.0981 e. The summed E-state index contributed by atoms with van der Waals surface area (Å²) in [6.07, 6.45) is 30.0. The van der Waals surface area contributed by atoms with Crippen LogP contribution in [0, 0.1) is 0 Å². The van der Waals surface area contributed by atoms with Crippen molar-refractivity contribution in [1.29, 1.82) is 0 Å². The van der Waals surface area contributed by atoms with Crippen LogP contribution in [-0.4, -0.2) is 24.2 Å². The summed E-state index contributed by atoms with van der Waals surface area (Å²) in [6, 6.07) is 0. The fraction of sp³-hybridized carbons (Fsp3) is 0.826. The lowest BCUT2D eigenvalue weighted by Gasteiger charge is -2.25. The second kappa shape index (κ2) is 17.5. The third-order valence-corrected chi connectivity index (χ3v) is 5.33. The van der Waals surface area contributed by atoms with Gasteiger partial charge in [-0.1, -0.05) is 76.9 Å². The summed E-state index contributed by atoms with van der Waals surface area (Å²) in [4.78, 5) is 2.33. The Labute approximate surface area is 163 Å². The van der Waals surface area contributed by atoms with Crippen LogP contribution in [0.15, 0.2) is 24.6 Å². The van der Waals surface area contributed by atoms with Crippen molar-refractivity contribution in [3.05, 3.63) is 24.6 Å². The zero-order valence-corrected chi connectivity index (χ0v) is 17.4. The van der Waals surface area contributed by atoms with Gasteiger partial charge < -0.3 is 16.0 Å². The van der Waals surface area contributed by atoms with E-state index in [0.717, 1.165) is 13.1 Å². The second-order valence-corrected chi connectivity index (χ2v) is 7.75. The third kappa shape index (κ3) is 12.4. The largest absolute Gasteiger partial charge is 0.370 e. The maximum absolute atomic E-state index is 5.65. The van der Waals surface area contributed by atoms with Gasteiger partial charge in [0.2, 0.25) is 0 Å². The SMILES string of the molecule is CCCCC/C=C/CCCCCCCCCCCC1NC=CN1CCN. The maximum atomic E-state index is 5.65. The molecule has 1 aliphatic heterocycles. The number of unbranched alkanes of at least 4 members (excludes halogenated alkanes) is 12. The van der Waals surface area contributed by atoms with Crippen LogP contribution in [0.25, 0.3) is 0 Å². The summed E-state index contributed by atoms with van der Waals surface area (Å²) >= 11 is 0. The predicted molar refractivity (Wildman–Crippen MR) is 116 cm³/mol. The number of rotatable bonds is 18. The van der Waals surface area contributed by atoms with Gasteiger partial charge in [-0.2, -0.15) is 0 Å². The highest BCUT2D eigenvalue weighted by Crippen LogP contribution is 2.15. The molecule has 1 unspecified atom stereocenters. The van der Waals surface area contributed by atoms with Crippen molar-refractivity contribution >= 4 is 0 Å². The zero-order chi connectivity index (χ0) is 18.7. The molecule has 1 atom stereocenters. The number of hydrogen-bond acceptors (Lipinski definition) is 3. The maximum Gasteiger partial charge on any atom is 0.0981 e. The highest BCUT2D eigenvalue weighted by Gasteiger charge is 2.16. The summed E-state index contributed by atoms with van der Waals surface area (Å²) in [5, 5.41) is 3.43. The number of allylic oxidation sites excluding steroid dienone is 2. The molecular weight excluding hydrogens is 318 g/mol. The van der Waals surface area contributed by atoms with E-state index in [4.69, 9.17) is 5.73 Å². The van der Waals surface area contributed by atoms with Crippen LogP contribution in [-0.2, 0) is 0 Å². The molecule has 1 rings (SSSR count). The lowest BCUT2D eigenvalue weighted by molar-refractivity contribution is 0.264. The Morgan fingerprint density at radius 2 is 1.42 bits per heavy atom. The fourth-order valence-corrected chi connectivity index (χ4v) is 3.66. The summed E-state index contributed by atoms with van der Waals surface area (Å²) in [7, 11) is 0. The Morgan fingerprint density at radius 3 is 2.04 bits per heavy atom. The van der Waals surface area contributed by atoms with E-state index in [1.807, 2.05) is 0 Å². The van der Waals surface area contributed by atoms with E-state index in [2.05, 4.69) is 41.7 Å². The molecule has 0 aliphatic carbocycles. The van der Waals surface area contributed by atoms with Crippen molar-refractivity contribution < 1.29 is 0 Å². The molecule has 26 heavy (non-hydrogen) atoms. The van der Waals surface area contributed by atoms with Crippen LogP contribution in [0.4, 0.5) is 0 Å². The molecule has 0 radical (unpaired) electrons. The molecule has 0 bridgehead atoms. The first-order valence-electron chi connectivity index (χ1n) is 11.4. The molecule has 3 nitrogen and oxygen atoms in total. The number of nitrogens with zero attached hydrogens (tertiary/aromatic N) is 1. The fourth-order valence-electron chi connectivity index (χ4n) is 3.66. The van der Waals surface area contributed by atoms with Gasteiger partial charge in [0, 0.05) is 25.5 Å². The average Bonchev–Trinajstić information content (AvgIpc) is 3.09.